The molecule has 0 unspecified atom stereocenters. The lowest BCUT2D eigenvalue weighted by atomic mass is 10.2. The lowest BCUT2D eigenvalue weighted by molar-refractivity contribution is 0.0318. The number of nitrogens with two attached hydrogens (primary N) is 1. The predicted molar refractivity (Wildman–Crippen MR) is 63.9 cm³/mol. The molecule has 0 aliphatic carbocycles. The highest BCUT2D eigenvalue weighted by Crippen LogP contribution is 2.20. The lowest BCUT2D eigenvalue weighted by Gasteiger charge is -2.06. The topological polar surface area (TPSA) is 81.8 Å². The van der Waals surface area contributed by atoms with Crippen molar-refractivity contribution in [3.63, 3.8) is 0 Å². The van der Waals surface area contributed by atoms with E-state index in [1.165, 1.54) is 18.2 Å². The second-order valence-electron chi connectivity index (χ2n) is 3.52. The van der Waals surface area contributed by atoms with Gasteiger partial charge in [-0.25, -0.2) is 4.79 Å². The zero-order chi connectivity index (χ0) is 12.7. The summed E-state index contributed by atoms with van der Waals surface area (Å²) in [5, 5.41) is 9.33. The van der Waals surface area contributed by atoms with Gasteiger partial charge in [-0.2, -0.15) is 0 Å². The van der Waals surface area contributed by atoms with E-state index in [9.17, 15) is 9.90 Å². The Bertz CT molecular complexity index is 379. The minimum Gasteiger partial charge on any atom is -0.506 e. The fraction of sp³-hybridized carbons (Fsp3) is 0.417. The predicted octanol–water partition coefficient (Wildman–Crippen LogP) is 1.56. The Morgan fingerprint density at radius 3 is 2.76 bits per heavy atom. The van der Waals surface area contributed by atoms with Crippen molar-refractivity contribution in [3.05, 3.63) is 23.8 Å². The van der Waals surface area contributed by atoms with Crippen LogP contribution in [0.15, 0.2) is 18.2 Å². The number of phenolic OH excluding ortho intramolecular Hbond substituents is 1. The number of rotatable bonds is 6. The number of ether oxygens (including phenoxy) is 2. The Hall–Kier alpha value is -1.75. The zero-order valence-electron chi connectivity index (χ0n) is 9.81. The van der Waals surface area contributed by atoms with E-state index in [-0.39, 0.29) is 23.6 Å². The molecule has 0 amide bonds. The van der Waals surface area contributed by atoms with Gasteiger partial charge >= 0.3 is 5.97 Å². The number of hydrogen-bond acceptors (Lipinski definition) is 5. The van der Waals surface area contributed by atoms with Crippen molar-refractivity contribution in [2.24, 2.45) is 0 Å². The number of nitrogen functional groups attached to an aromatic ring is 1. The maximum absolute atomic E-state index is 11.5. The molecule has 0 bridgehead atoms. The van der Waals surface area contributed by atoms with Crippen molar-refractivity contribution in [2.75, 3.05) is 25.6 Å². The molecule has 0 aromatic heterocycles. The van der Waals surface area contributed by atoms with Crippen molar-refractivity contribution in [1.29, 1.82) is 0 Å². The molecule has 0 saturated carbocycles. The molecule has 0 saturated heterocycles. The van der Waals surface area contributed by atoms with E-state index in [1.54, 1.807) is 0 Å². The first kappa shape index (κ1) is 13.3. The van der Waals surface area contributed by atoms with Gasteiger partial charge < -0.3 is 20.3 Å². The molecule has 5 heteroatoms. The van der Waals surface area contributed by atoms with Crippen LogP contribution in [-0.4, -0.2) is 30.9 Å². The molecule has 1 aromatic carbocycles. The van der Waals surface area contributed by atoms with Gasteiger partial charge in [-0.1, -0.05) is 6.92 Å². The minimum atomic E-state index is -0.500. The van der Waals surface area contributed by atoms with Crippen LogP contribution in [0.5, 0.6) is 5.75 Å². The van der Waals surface area contributed by atoms with E-state index in [0.717, 1.165) is 6.42 Å². The third-order valence-electron chi connectivity index (χ3n) is 2.08. The summed E-state index contributed by atoms with van der Waals surface area (Å²) < 4.78 is 10.1. The molecule has 94 valence electrons. The van der Waals surface area contributed by atoms with Crippen LogP contribution in [0.2, 0.25) is 0 Å². The first-order valence-electron chi connectivity index (χ1n) is 5.48. The fourth-order valence-corrected chi connectivity index (χ4v) is 1.19. The number of benzene rings is 1. The number of esters is 1. The highest BCUT2D eigenvalue weighted by atomic mass is 16.6. The second kappa shape index (κ2) is 6.75. The van der Waals surface area contributed by atoms with Crippen LogP contribution in [0.1, 0.15) is 23.7 Å². The number of carbonyl (C=O) groups is 1. The van der Waals surface area contributed by atoms with Gasteiger partial charge in [0.05, 0.1) is 17.9 Å². The monoisotopic (exact) mass is 239 g/mol. The summed E-state index contributed by atoms with van der Waals surface area (Å²) in [5.74, 6) is -0.623. The Morgan fingerprint density at radius 1 is 1.35 bits per heavy atom. The van der Waals surface area contributed by atoms with E-state index in [1.807, 2.05) is 6.92 Å². The van der Waals surface area contributed by atoms with Crippen molar-refractivity contribution in [2.45, 2.75) is 13.3 Å². The van der Waals surface area contributed by atoms with Crippen LogP contribution in [0.4, 0.5) is 5.69 Å². The molecule has 3 N–H and O–H groups in total. The molecule has 0 fully saturated rings. The summed E-state index contributed by atoms with van der Waals surface area (Å²) >= 11 is 0. The summed E-state index contributed by atoms with van der Waals surface area (Å²) in [6, 6.07) is 4.24. The Kier molecular flexibility index (Phi) is 5.29. The molecule has 0 aliphatic rings. The van der Waals surface area contributed by atoms with E-state index < -0.39 is 5.97 Å². The van der Waals surface area contributed by atoms with Gasteiger partial charge in [0.1, 0.15) is 12.4 Å². The van der Waals surface area contributed by atoms with Gasteiger partial charge in [-0.3, -0.25) is 0 Å². The maximum atomic E-state index is 11.5. The molecule has 1 aromatic rings. The Morgan fingerprint density at radius 2 is 2.12 bits per heavy atom. The number of carbonyl (C=O) groups excluding carboxylic acids is 1. The van der Waals surface area contributed by atoms with Gasteiger partial charge in [0, 0.05) is 6.61 Å². The van der Waals surface area contributed by atoms with Gasteiger partial charge in [0.15, 0.2) is 0 Å². The van der Waals surface area contributed by atoms with E-state index in [4.69, 9.17) is 15.2 Å². The number of aromatic hydroxyl groups is 1. The van der Waals surface area contributed by atoms with Crippen molar-refractivity contribution in [1.82, 2.24) is 0 Å². The largest absolute Gasteiger partial charge is 0.506 e. The highest BCUT2D eigenvalue weighted by Gasteiger charge is 2.08. The van der Waals surface area contributed by atoms with Gasteiger partial charge in [0.25, 0.3) is 0 Å². The molecular weight excluding hydrogens is 222 g/mol. The van der Waals surface area contributed by atoms with Crippen molar-refractivity contribution in [3.8, 4) is 5.75 Å². The maximum Gasteiger partial charge on any atom is 0.338 e. The summed E-state index contributed by atoms with van der Waals surface area (Å²) in [4.78, 5) is 11.5. The molecular formula is C12H17NO4. The van der Waals surface area contributed by atoms with Crippen molar-refractivity contribution < 1.29 is 19.4 Å². The summed E-state index contributed by atoms with van der Waals surface area (Å²) in [5.41, 5.74) is 5.92. The van der Waals surface area contributed by atoms with Gasteiger partial charge in [-0.05, 0) is 24.6 Å². The summed E-state index contributed by atoms with van der Waals surface area (Å²) in [6.07, 6.45) is 0.930. The number of anilines is 1. The Balaban J connectivity index is 2.39. The quantitative estimate of drug-likeness (QED) is 0.341. The van der Waals surface area contributed by atoms with Crippen LogP contribution in [-0.2, 0) is 9.47 Å². The third kappa shape index (κ3) is 4.32. The summed E-state index contributed by atoms with van der Waals surface area (Å²) in [7, 11) is 0. The molecule has 0 heterocycles. The second-order valence-corrected chi connectivity index (χ2v) is 3.52. The van der Waals surface area contributed by atoms with Crippen LogP contribution in [0, 0.1) is 0 Å². The van der Waals surface area contributed by atoms with E-state index >= 15 is 0 Å². The molecule has 0 aliphatic heterocycles. The lowest BCUT2D eigenvalue weighted by Crippen LogP contribution is -2.11. The molecule has 1 rings (SSSR count). The SMILES string of the molecule is CCCOCCOC(=O)c1ccc(N)c(O)c1. The van der Waals surface area contributed by atoms with Crippen LogP contribution >= 0.6 is 0 Å². The van der Waals surface area contributed by atoms with Gasteiger partial charge in [0.2, 0.25) is 0 Å². The third-order valence-corrected chi connectivity index (χ3v) is 2.08. The minimum absolute atomic E-state index is 0.123. The van der Waals surface area contributed by atoms with E-state index in [0.29, 0.717) is 13.2 Å². The smallest absolute Gasteiger partial charge is 0.338 e. The average Bonchev–Trinajstić information content (AvgIpc) is 2.32. The first-order chi connectivity index (χ1) is 8.15. The Labute approximate surface area is 100 Å². The first-order valence-corrected chi connectivity index (χ1v) is 5.48. The standard InChI is InChI=1S/C12H17NO4/c1-2-5-16-6-7-17-12(15)9-3-4-10(13)11(14)8-9/h3-4,8,14H,2,5-7,13H2,1H3. The average molecular weight is 239 g/mol. The van der Waals surface area contributed by atoms with Crippen molar-refractivity contribution >= 4 is 11.7 Å². The summed E-state index contributed by atoms with van der Waals surface area (Å²) in [6.45, 7) is 3.23. The fourth-order valence-electron chi connectivity index (χ4n) is 1.19. The molecule has 0 spiro atoms. The van der Waals surface area contributed by atoms with Crippen LogP contribution in [0.25, 0.3) is 0 Å². The molecule has 5 nitrogen and oxygen atoms in total. The van der Waals surface area contributed by atoms with Crippen LogP contribution in [0.3, 0.4) is 0 Å². The van der Waals surface area contributed by atoms with Gasteiger partial charge in [-0.15, -0.1) is 0 Å². The highest BCUT2D eigenvalue weighted by molar-refractivity contribution is 5.90. The van der Waals surface area contributed by atoms with E-state index in [2.05, 4.69) is 0 Å². The number of phenols is 1. The molecule has 17 heavy (non-hydrogen) atoms. The molecule has 0 radical (unpaired) electrons. The molecule has 0 atom stereocenters. The zero-order valence-corrected chi connectivity index (χ0v) is 9.81. The number of hydrogen-bond donors (Lipinski definition) is 2. The normalized spacial score (nSPS) is 10.2. The van der Waals surface area contributed by atoms with Crippen LogP contribution < -0.4 is 5.73 Å².